The molecule has 0 aromatic heterocycles. The van der Waals surface area contributed by atoms with Crippen molar-refractivity contribution in [1.82, 2.24) is 4.58 Å². The summed E-state index contributed by atoms with van der Waals surface area (Å²) in [5.41, 5.74) is 5.42. The van der Waals surface area contributed by atoms with E-state index in [-0.39, 0.29) is 28.2 Å². The number of carboxylic acids is 1. The fourth-order valence-corrected chi connectivity index (χ4v) is 11.3. The Morgan fingerprint density at radius 2 is 1.53 bits per heavy atom. The number of hydrogen-bond donors (Lipinski definition) is 1. The van der Waals surface area contributed by atoms with Gasteiger partial charge in [0.1, 0.15) is 34.6 Å². The van der Waals surface area contributed by atoms with Crippen LogP contribution in [0.2, 0.25) is 0 Å². The number of carbonyl (C=O) groups excluding carboxylic acids is 1. The molecule has 0 saturated heterocycles. The molecule has 1 heterocycles. The first-order valence-corrected chi connectivity index (χ1v) is 23.6. The summed E-state index contributed by atoms with van der Waals surface area (Å²) in [5, 5.41) is 11.4. The second-order valence-electron chi connectivity index (χ2n) is 14.9. The summed E-state index contributed by atoms with van der Waals surface area (Å²) in [6, 6.07) is 22.0. The van der Waals surface area contributed by atoms with E-state index in [9.17, 15) is 27.7 Å². The number of aryl methyl sites for hydroxylation is 2. The standard InChI is InChI=1S/C45H42Br4N2O8S/c1-8-45(6,7)44(54)58-23-26-15-11-13-24(4)40(26)50(9-2)27-17-19-29-32(21-27)59-33-22-28(51(10-3)41-25(5)14-12-16-31(41)43(52)53)18-20-30(33)34(29)35-36(46)37(47)38(48)39(49)42(35)60(55,56)57/h11-22H,8-10,23H2,1-7H3,(H-,52,53,55,56,57). The second kappa shape index (κ2) is 17.9. The van der Waals surface area contributed by atoms with Gasteiger partial charge in [-0.15, -0.1) is 0 Å². The van der Waals surface area contributed by atoms with Crippen LogP contribution in [0, 0.1) is 19.3 Å². The van der Waals surface area contributed by atoms with Crippen LogP contribution < -0.4 is 14.8 Å². The van der Waals surface area contributed by atoms with E-state index in [1.807, 2.05) is 102 Å². The first-order chi connectivity index (χ1) is 28.3. The van der Waals surface area contributed by atoms with Gasteiger partial charge in [0.15, 0.2) is 0 Å². The average Bonchev–Trinajstić information content (AvgIpc) is 3.20. The number of para-hydroxylation sites is 2. The van der Waals surface area contributed by atoms with E-state index in [0.29, 0.717) is 72.2 Å². The van der Waals surface area contributed by atoms with E-state index in [1.165, 1.54) is 0 Å². The molecule has 2 aliphatic rings. The zero-order chi connectivity index (χ0) is 44.0. The number of anilines is 2. The Hall–Kier alpha value is -3.86. The van der Waals surface area contributed by atoms with Crippen LogP contribution in [-0.4, -0.2) is 43.1 Å². The van der Waals surface area contributed by atoms with Crippen molar-refractivity contribution >= 4 is 114 Å². The van der Waals surface area contributed by atoms with E-state index in [1.54, 1.807) is 24.3 Å². The fraction of sp³-hybridized carbons (Fsp3) is 0.267. The van der Waals surface area contributed by atoms with Gasteiger partial charge >= 0.3 is 11.9 Å². The second-order valence-corrected chi connectivity index (χ2v) is 19.4. The van der Waals surface area contributed by atoms with Crippen molar-refractivity contribution in [1.29, 1.82) is 0 Å². The SMILES string of the molecule is CCN(c1ccc2c(-c3c(Br)c(Br)c(Br)c(Br)c3S(=O)(=O)[O-])c3ccc(=[N+](CC)c4c(C)cccc4COC(=O)C(C)(C)CC)cc-3oc2c1)c1c(C)cccc1C(=O)O. The van der Waals surface area contributed by atoms with Crippen molar-refractivity contribution in [2.24, 2.45) is 5.41 Å². The summed E-state index contributed by atoms with van der Waals surface area (Å²) in [6.45, 7) is 14.4. The largest absolute Gasteiger partial charge is 0.744 e. The van der Waals surface area contributed by atoms with Crippen molar-refractivity contribution in [3.05, 3.63) is 118 Å². The highest BCUT2D eigenvalue weighted by atomic mass is 79.9. The van der Waals surface area contributed by atoms with Gasteiger partial charge in [-0.05, 0) is 148 Å². The number of nitrogens with zero attached hydrogens (tertiary/aromatic N) is 2. The van der Waals surface area contributed by atoms with Crippen LogP contribution in [0.1, 0.15) is 68.1 Å². The third-order valence-corrected chi connectivity index (χ3v) is 16.7. The van der Waals surface area contributed by atoms with Crippen LogP contribution in [0.4, 0.5) is 17.1 Å². The number of carboxylic acid groups (broad SMARTS) is 1. The number of fused-ring (bicyclic) bond motifs is 2. The molecule has 0 saturated carbocycles. The Labute approximate surface area is 382 Å². The van der Waals surface area contributed by atoms with Gasteiger partial charge < -0.3 is 23.7 Å². The summed E-state index contributed by atoms with van der Waals surface area (Å²) in [7, 11) is -5.10. The van der Waals surface area contributed by atoms with Crippen LogP contribution in [-0.2, 0) is 26.3 Å². The lowest BCUT2D eigenvalue weighted by molar-refractivity contribution is -0.155. The van der Waals surface area contributed by atoms with Gasteiger partial charge in [0.2, 0.25) is 11.0 Å². The Balaban J connectivity index is 1.72. The lowest BCUT2D eigenvalue weighted by Gasteiger charge is -2.27. The molecule has 0 spiro atoms. The van der Waals surface area contributed by atoms with Crippen LogP contribution in [0.25, 0.3) is 33.4 Å². The number of ether oxygens (including phenoxy) is 1. The third-order valence-electron chi connectivity index (χ3n) is 10.8. The predicted octanol–water partition coefficient (Wildman–Crippen LogP) is 12.2. The molecule has 6 rings (SSSR count). The molecule has 15 heteroatoms. The zero-order valence-corrected chi connectivity index (χ0v) is 41.0. The van der Waals surface area contributed by atoms with Crippen LogP contribution in [0.5, 0.6) is 0 Å². The number of aromatic carboxylic acids is 1. The predicted molar refractivity (Wildman–Crippen MR) is 248 cm³/mol. The van der Waals surface area contributed by atoms with E-state index >= 15 is 0 Å². The molecule has 4 aromatic rings. The van der Waals surface area contributed by atoms with Crippen LogP contribution in [0.3, 0.4) is 0 Å². The monoisotopic (exact) mass is 1090 g/mol. The smallest absolute Gasteiger partial charge is 0.337 e. The molecule has 60 heavy (non-hydrogen) atoms. The van der Waals surface area contributed by atoms with Crippen molar-refractivity contribution in [3.63, 3.8) is 0 Å². The molecular weight excluding hydrogens is 1050 g/mol. The molecule has 0 amide bonds. The van der Waals surface area contributed by atoms with E-state index < -0.39 is 26.4 Å². The maximum absolute atomic E-state index is 13.2. The summed E-state index contributed by atoms with van der Waals surface area (Å²) in [5.74, 6) is -0.983. The van der Waals surface area contributed by atoms with Crippen molar-refractivity contribution in [2.75, 3.05) is 18.0 Å². The average molecular weight is 1090 g/mol. The van der Waals surface area contributed by atoms with Gasteiger partial charge in [-0.1, -0.05) is 31.2 Å². The molecule has 0 bridgehead atoms. The van der Waals surface area contributed by atoms with Gasteiger partial charge in [-0.3, -0.25) is 4.79 Å². The summed E-state index contributed by atoms with van der Waals surface area (Å²) >= 11 is 14.0. The highest BCUT2D eigenvalue weighted by Gasteiger charge is 2.31. The van der Waals surface area contributed by atoms with E-state index in [4.69, 9.17) is 9.15 Å². The summed E-state index contributed by atoms with van der Waals surface area (Å²) in [4.78, 5) is 26.9. The van der Waals surface area contributed by atoms with Crippen LogP contribution >= 0.6 is 63.7 Å². The molecule has 4 aromatic carbocycles. The molecular formula is C45H42Br4N2O8S. The summed E-state index contributed by atoms with van der Waals surface area (Å²) in [6.07, 6.45) is 0.630. The molecule has 0 atom stereocenters. The van der Waals surface area contributed by atoms with Gasteiger partial charge in [0.05, 0.1) is 37.7 Å². The molecule has 0 unspecified atom stereocenters. The Morgan fingerprint density at radius 1 is 0.867 bits per heavy atom. The highest BCUT2D eigenvalue weighted by Crippen LogP contribution is 2.52. The number of hydrogen-bond acceptors (Lipinski definition) is 8. The Bertz CT molecular complexity index is 2870. The molecule has 0 radical (unpaired) electrons. The van der Waals surface area contributed by atoms with Crippen molar-refractivity contribution in [3.8, 4) is 22.5 Å². The van der Waals surface area contributed by atoms with Gasteiger partial charge in [0.25, 0.3) is 0 Å². The molecule has 1 N–H and O–H groups in total. The number of carbonyl (C=O) groups is 2. The van der Waals surface area contributed by atoms with E-state index in [2.05, 4.69) is 68.3 Å². The lowest BCUT2D eigenvalue weighted by atomic mass is 9.91. The number of benzene rings is 5. The van der Waals surface area contributed by atoms with Gasteiger partial charge in [-0.2, -0.15) is 4.58 Å². The number of rotatable bonds is 12. The van der Waals surface area contributed by atoms with Gasteiger partial charge in [0, 0.05) is 65.4 Å². The molecule has 314 valence electrons. The van der Waals surface area contributed by atoms with E-state index in [0.717, 1.165) is 27.7 Å². The number of esters is 1. The van der Waals surface area contributed by atoms with Gasteiger partial charge in [-0.25, -0.2) is 13.2 Å². The lowest BCUT2D eigenvalue weighted by Crippen LogP contribution is -2.28. The maximum Gasteiger partial charge on any atom is 0.337 e. The minimum atomic E-state index is -5.10. The molecule has 1 aliphatic carbocycles. The maximum atomic E-state index is 13.2. The summed E-state index contributed by atoms with van der Waals surface area (Å²) < 4.78 is 55.5. The van der Waals surface area contributed by atoms with Crippen LogP contribution in [0.15, 0.2) is 100.0 Å². The molecule has 1 aliphatic heterocycles. The normalized spacial score (nSPS) is 12.5. The topological polar surface area (TPSA) is 140 Å². The third kappa shape index (κ3) is 8.50. The van der Waals surface area contributed by atoms with Crippen molar-refractivity contribution in [2.45, 2.75) is 66.4 Å². The first kappa shape index (κ1) is 45.7. The number of halogens is 4. The molecule has 0 fully saturated rings. The minimum absolute atomic E-state index is 0.0445. The zero-order valence-electron chi connectivity index (χ0n) is 33.9. The fourth-order valence-electron chi connectivity index (χ4n) is 7.38. The Morgan fingerprint density at radius 3 is 2.17 bits per heavy atom. The van der Waals surface area contributed by atoms with Crippen molar-refractivity contribution < 1.29 is 36.8 Å². The minimum Gasteiger partial charge on any atom is -0.744 e. The quantitative estimate of drug-likeness (QED) is 0.0317. The molecule has 10 nitrogen and oxygen atoms in total. The first-order valence-electron chi connectivity index (χ1n) is 19.1. The highest BCUT2D eigenvalue weighted by molar-refractivity contribution is 9.15. The Kier molecular flexibility index (Phi) is 13.6.